The molecule has 0 bridgehead atoms. The van der Waals surface area contributed by atoms with Crippen molar-refractivity contribution in [2.75, 3.05) is 0 Å². The van der Waals surface area contributed by atoms with E-state index in [0.717, 1.165) is 22.4 Å². The highest BCUT2D eigenvalue weighted by atomic mass is 16.5. The summed E-state index contributed by atoms with van der Waals surface area (Å²) in [4.78, 5) is 10.9. The Labute approximate surface area is 112 Å². The largest absolute Gasteiger partial charge is 0.488 e. The van der Waals surface area contributed by atoms with Crippen LogP contribution in [0.15, 0.2) is 42.5 Å². The second-order valence-corrected chi connectivity index (χ2v) is 4.52. The maximum atomic E-state index is 10.9. The molecule has 3 nitrogen and oxygen atoms in total. The minimum Gasteiger partial charge on any atom is -0.488 e. The fourth-order valence-corrected chi connectivity index (χ4v) is 1.98. The lowest BCUT2D eigenvalue weighted by Gasteiger charge is -2.12. The number of ether oxygens (including phenoxy) is 1. The van der Waals surface area contributed by atoms with Gasteiger partial charge in [0.2, 0.25) is 0 Å². The third-order valence-electron chi connectivity index (χ3n) is 2.97. The van der Waals surface area contributed by atoms with Crippen LogP contribution in [0.25, 0.3) is 0 Å². The summed E-state index contributed by atoms with van der Waals surface area (Å²) in [5.41, 5.74) is 3.29. The van der Waals surface area contributed by atoms with Crippen LogP contribution in [0.3, 0.4) is 0 Å². The molecule has 0 radical (unpaired) electrons. The Morgan fingerprint density at radius 2 is 1.74 bits per heavy atom. The third kappa shape index (κ3) is 3.13. The van der Waals surface area contributed by atoms with Crippen LogP contribution in [0.2, 0.25) is 0 Å². The SMILES string of the molecule is Cc1cccc(C)c1OCc1cccc(C(=O)O)c1. The lowest BCUT2D eigenvalue weighted by atomic mass is 10.1. The van der Waals surface area contributed by atoms with Crippen molar-refractivity contribution in [2.45, 2.75) is 20.5 Å². The highest BCUT2D eigenvalue weighted by molar-refractivity contribution is 5.87. The number of hydrogen-bond acceptors (Lipinski definition) is 2. The molecule has 98 valence electrons. The average molecular weight is 256 g/mol. The molecule has 0 aliphatic heterocycles. The van der Waals surface area contributed by atoms with Gasteiger partial charge in [0.15, 0.2) is 0 Å². The zero-order chi connectivity index (χ0) is 13.8. The third-order valence-corrected chi connectivity index (χ3v) is 2.97. The highest BCUT2D eigenvalue weighted by Gasteiger charge is 2.06. The van der Waals surface area contributed by atoms with E-state index in [4.69, 9.17) is 9.84 Å². The maximum Gasteiger partial charge on any atom is 0.335 e. The van der Waals surface area contributed by atoms with Gasteiger partial charge in [-0.2, -0.15) is 0 Å². The van der Waals surface area contributed by atoms with Crippen molar-refractivity contribution >= 4 is 5.97 Å². The van der Waals surface area contributed by atoms with Gasteiger partial charge in [0.1, 0.15) is 12.4 Å². The summed E-state index contributed by atoms with van der Waals surface area (Å²) in [7, 11) is 0. The Hall–Kier alpha value is -2.29. The van der Waals surface area contributed by atoms with Crippen LogP contribution in [0.4, 0.5) is 0 Å². The Morgan fingerprint density at radius 1 is 1.11 bits per heavy atom. The van der Waals surface area contributed by atoms with Crippen molar-refractivity contribution in [2.24, 2.45) is 0 Å². The first-order valence-corrected chi connectivity index (χ1v) is 6.09. The molecular weight excluding hydrogens is 240 g/mol. The minimum absolute atomic E-state index is 0.280. The van der Waals surface area contributed by atoms with E-state index in [-0.39, 0.29) is 5.56 Å². The molecule has 0 spiro atoms. The van der Waals surface area contributed by atoms with E-state index in [1.165, 1.54) is 0 Å². The van der Waals surface area contributed by atoms with Crippen molar-refractivity contribution in [1.82, 2.24) is 0 Å². The molecule has 0 atom stereocenters. The van der Waals surface area contributed by atoms with Crippen molar-refractivity contribution in [3.8, 4) is 5.75 Å². The molecule has 2 aromatic rings. The van der Waals surface area contributed by atoms with Crippen molar-refractivity contribution in [1.29, 1.82) is 0 Å². The number of aryl methyl sites for hydroxylation is 2. The second kappa shape index (κ2) is 5.57. The number of carboxylic acid groups (broad SMARTS) is 1. The van der Waals surface area contributed by atoms with E-state index >= 15 is 0 Å². The molecule has 19 heavy (non-hydrogen) atoms. The predicted molar refractivity (Wildman–Crippen MR) is 73.6 cm³/mol. The number of carboxylic acids is 1. The number of hydrogen-bond donors (Lipinski definition) is 1. The highest BCUT2D eigenvalue weighted by Crippen LogP contribution is 2.23. The average Bonchev–Trinajstić information content (AvgIpc) is 2.38. The fraction of sp³-hybridized carbons (Fsp3) is 0.188. The first-order chi connectivity index (χ1) is 9.08. The number of para-hydroxylation sites is 1. The molecule has 0 heterocycles. The van der Waals surface area contributed by atoms with Gasteiger partial charge in [-0.15, -0.1) is 0 Å². The van der Waals surface area contributed by atoms with Gasteiger partial charge in [-0.05, 0) is 42.7 Å². The maximum absolute atomic E-state index is 10.9. The molecular formula is C16H16O3. The Bertz CT molecular complexity index is 582. The van der Waals surface area contributed by atoms with Gasteiger partial charge < -0.3 is 9.84 Å². The minimum atomic E-state index is -0.922. The standard InChI is InChI=1S/C16H16O3/c1-11-5-3-6-12(2)15(11)19-10-13-7-4-8-14(9-13)16(17)18/h3-9H,10H2,1-2H3,(H,17,18). The molecule has 0 aliphatic carbocycles. The van der Waals surface area contributed by atoms with Crippen LogP contribution in [0, 0.1) is 13.8 Å². The first-order valence-electron chi connectivity index (χ1n) is 6.09. The summed E-state index contributed by atoms with van der Waals surface area (Å²) in [5.74, 6) is -0.0582. The molecule has 0 aromatic heterocycles. The van der Waals surface area contributed by atoms with Gasteiger partial charge in [0.25, 0.3) is 0 Å². The predicted octanol–water partition coefficient (Wildman–Crippen LogP) is 3.58. The number of carbonyl (C=O) groups is 1. The molecule has 0 saturated heterocycles. The smallest absolute Gasteiger partial charge is 0.335 e. The van der Waals surface area contributed by atoms with Crippen LogP contribution in [-0.2, 0) is 6.61 Å². The molecule has 0 aliphatic rings. The molecule has 0 amide bonds. The van der Waals surface area contributed by atoms with E-state index in [2.05, 4.69) is 0 Å². The molecule has 0 saturated carbocycles. The van der Waals surface area contributed by atoms with Crippen molar-refractivity contribution in [3.05, 3.63) is 64.7 Å². The van der Waals surface area contributed by atoms with Gasteiger partial charge in [0, 0.05) is 0 Å². The number of aromatic carboxylic acids is 1. The van der Waals surface area contributed by atoms with E-state index < -0.39 is 5.97 Å². The van der Waals surface area contributed by atoms with Gasteiger partial charge >= 0.3 is 5.97 Å². The van der Waals surface area contributed by atoms with E-state index in [1.54, 1.807) is 18.2 Å². The Balaban J connectivity index is 2.15. The topological polar surface area (TPSA) is 46.5 Å². The summed E-state index contributed by atoms with van der Waals surface area (Å²) in [6, 6.07) is 12.8. The zero-order valence-corrected chi connectivity index (χ0v) is 11.0. The number of benzene rings is 2. The quantitative estimate of drug-likeness (QED) is 0.909. The van der Waals surface area contributed by atoms with E-state index in [1.807, 2.05) is 38.1 Å². The Kier molecular flexibility index (Phi) is 3.85. The molecule has 0 fully saturated rings. The van der Waals surface area contributed by atoms with Gasteiger partial charge in [-0.1, -0.05) is 30.3 Å². The summed E-state index contributed by atoms with van der Waals surface area (Å²) in [6.07, 6.45) is 0. The van der Waals surface area contributed by atoms with Crippen molar-refractivity contribution < 1.29 is 14.6 Å². The van der Waals surface area contributed by atoms with Crippen LogP contribution >= 0.6 is 0 Å². The number of rotatable bonds is 4. The normalized spacial score (nSPS) is 10.2. The molecule has 1 N–H and O–H groups in total. The molecule has 2 rings (SSSR count). The summed E-state index contributed by atoms with van der Waals surface area (Å²) in [6.45, 7) is 4.36. The van der Waals surface area contributed by atoms with Gasteiger partial charge in [-0.25, -0.2) is 4.79 Å². The molecule has 0 unspecified atom stereocenters. The monoisotopic (exact) mass is 256 g/mol. The van der Waals surface area contributed by atoms with Crippen LogP contribution in [0.1, 0.15) is 27.0 Å². The summed E-state index contributed by atoms with van der Waals surface area (Å²) in [5, 5.41) is 8.94. The van der Waals surface area contributed by atoms with Crippen LogP contribution in [0.5, 0.6) is 5.75 Å². The lowest BCUT2D eigenvalue weighted by molar-refractivity contribution is 0.0696. The van der Waals surface area contributed by atoms with E-state index in [0.29, 0.717) is 6.61 Å². The summed E-state index contributed by atoms with van der Waals surface area (Å²) < 4.78 is 5.80. The van der Waals surface area contributed by atoms with Gasteiger partial charge in [-0.3, -0.25) is 0 Å². The van der Waals surface area contributed by atoms with E-state index in [9.17, 15) is 4.79 Å². The zero-order valence-electron chi connectivity index (χ0n) is 11.0. The lowest BCUT2D eigenvalue weighted by Crippen LogP contribution is -2.01. The summed E-state index contributed by atoms with van der Waals surface area (Å²) >= 11 is 0. The fourth-order valence-electron chi connectivity index (χ4n) is 1.98. The van der Waals surface area contributed by atoms with Crippen LogP contribution < -0.4 is 4.74 Å². The molecule has 3 heteroatoms. The Morgan fingerprint density at radius 3 is 2.37 bits per heavy atom. The second-order valence-electron chi connectivity index (χ2n) is 4.52. The van der Waals surface area contributed by atoms with Crippen LogP contribution in [-0.4, -0.2) is 11.1 Å². The van der Waals surface area contributed by atoms with Crippen molar-refractivity contribution in [3.63, 3.8) is 0 Å². The first kappa shape index (κ1) is 13.1. The molecule has 2 aromatic carbocycles. The van der Waals surface area contributed by atoms with Gasteiger partial charge in [0.05, 0.1) is 5.56 Å².